The fourth-order valence-corrected chi connectivity index (χ4v) is 2.15. The van der Waals surface area contributed by atoms with Gasteiger partial charge in [-0.25, -0.2) is 4.98 Å². The number of aryl methyl sites for hydroxylation is 1. The minimum Gasteiger partial charge on any atom is -0.388 e. The van der Waals surface area contributed by atoms with Gasteiger partial charge >= 0.3 is 0 Å². The van der Waals surface area contributed by atoms with Gasteiger partial charge in [-0.3, -0.25) is 4.79 Å². The van der Waals surface area contributed by atoms with Crippen LogP contribution in [-0.2, 0) is 6.61 Å². The van der Waals surface area contributed by atoms with Gasteiger partial charge in [-0.15, -0.1) is 0 Å². The van der Waals surface area contributed by atoms with Crippen LogP contribution in [0, 0.1) is 13.8 Å². The molecule has 0 saturated carbocycles. The highest BCUT2D eigenvalue weighted by molar-refractivity contribution is 6.02. The van der Waals surface area contributed by atoms with Crippen molar-refractivity contribution >= 4 is 11.6 Å². The summed E-state index contributed by atoms with van der Waals surface area (Å²) in [5.74, 6) is -0.146. The molecule has 0 aliphatic carbocycles. The Labute approximate surface area is 132 Å². The largest absolute Gasteiger partial charge is 0.388 e. The molecule has 118 valence electrons. The van der Waals surface area contributed by atoms with Crippen LogP contribution in [0.15, 0.2) is 41.2 Å². The minimum atomic E-state index is -0.393. The van der Waals surface area contributed by atoms with Crippen LogP contribution in [0.25, 0.3) is 5.69 Å². The second-order valence-corrected chi connectivity index (χ2v) is 5.12. The number of hydrogen-bond acceptors (Lipinski definition) is 5. The van der Waals surface area contributed by atoms with Gasteiger partial charge in [-0.1, -0.05) is 5.16 Å². The SMILES string of the molecule is Cc1ncn(-c2ccc(NC(=O)c3cc(CO)on3)cc2)c1C. The maximum Gasteiger partial charge on any atom is 0.277 e. The van der Waals surface area contributed by atoms with E-state index in [1.54, 1.807) is 18.5 Å². The van der Waals surface area contributed by atoms with Gasteiger partial charge in [-0.2, -0.15) is 0 Å². The topological polar surface area (TPSA) is 93.2 Å². The third-order valence-electron chi connectivity index (χ3n) is 3.60. The average Bonchev–Trinajstić information content (AvgIpc) is 3.16. The molecule has 1 amide bonds. The number of aromatic nitrogens is 3. The zero-order chi connectivity index (χ0) is 16.4. The van der Waals surface area contributed by atoms with Crippen molar-refractivity contribution in [2.75, 3.05) is 5.32 Å². The predicted molar refractivity (Wildman–Crippen MR) is 83.4 cm³/mol. The smallest absolute Gasteiger partial charge is 0.277 e. The molecule has 3 rings (SSSR count). The molecule has 3 aromatic rings. The third-order valence-corrected chi connectivity index (χ3v) is 3.60. The number of rotatable bonds is 4. The minimum absolute atomic E-state index is 0.124. The van der Waals surface area contributed by atoms with Crippen LogP contribution in [-0.4, -0.2) is 25.7 Å². The van der Waals surface area contributed by atoms with E-state index >= 15 is 0 Å². The fourth-order valence-electron chi connectivity index (χ4n) is 2.15. The molecule has 0 fully saturated rings. The molecule has 0 unspecified atom stereocenters. The van der Waals surface area contributed by atoms with Crippen LogP contribution in [0.2, 0.25) is 0 Å². The maximum absolute atomic E-state index is 12.0. The number of nitrogens with one attached hydrogen (secondary N) is 1. The Kier molecular flexibility index (Phi) is 3.94. The molecule has 2 aromatic heterocycles. The van der Waals surface area contributed by atoms with E-state index in [1.807, 2.05) is 30.5 Å². The van der Waals surface area contributed by atoms with E-state index in [1.165, 1.54) is 6.07 Å². The van der Waals surface area contributed by atoms with Crippen molar-refractivity contribution in [2.24, 2.45) is 0 Å². The monoisotopic (exact) mass is 312 g/mol. The number of aliphatic hydroxyl groups excluding tert-OH is 1. The van der Waals surface area contributed by atoms with E-state index in [2.05, 4.69) is 15.5 Å². The molecule has 0 aliphatic rings. The molecule has 23 heavy (non-hydrogen) atoms. The predicted octanol–water partition coefficient (Wildman–Crippen LogP) is 2.22. The lowest BCUT2D eigenvalue weighted by Gasteiger charge is -2.07. The summed E-state index contributed by atoms with van der Waals surface area (Å²) >= 11 is 0. The Balaban J connectivity index is 1.74. The summed E-state index contributed by atoms with van der Waals surface area (Å²) in [5, 5.41) is 15.2. The van der Waals surface area contributed by atoms with Crippen LogP contribution in [0.5, 0.6) is 0 Å². The second-order valence-electron chi connectivity index (χ2n) is 5.12. The maximum atomic E-state index is 12.0. The molecule has 0 atom stereocenters. The molecule has 0 spiro atoms. The number of aliphatic hydroxyl groups is 1. The standard InChI is InChI=1S/C16H16N4O3/c1-10-11(2)20(9-17-10)13-5-3-12(4-6-13)18-16(22)15-7-14(8-21)23-19-15/h3-7,9,21H,8H2,1-2H3,(H,18,22). The molecular weight excluding hydrogens is 296 g/mol. The van der Waals surface area contributed by atoms with E-state index in [4.69, 9.17) is 9.63 Å². The van der Waals surface area contributed by atoms with E-state index in [0.29, 0.717) is 5.69 Å². The molecular formula is C16H16N4O3. The van der Waals surface area contributed by atoms with E-state index < -0.39 is 5.91 Å². The third kappa shape index (κ3) is 3.00. The van der Waals surface area contributed by atoms with Crippen molar-refractivity contribution in [2.45, 2.75) is 20.5 Å². The number of imidazole rings is 1. The van der Waals surface area contributed by atoms with Crippen molar-refractivity contribution in [3.63, 3.8) is 0 Å². The summed E-state index contributed by atoms with van der Waals surface area (Å²) in [7, 11) is 0. The van der Waals surface area contributed by atoms with Crippen LogP contribution in [0.4, 0.5) is 5.69 Å². The molecule has 7 heteroatoms. The van der Waals surface area contributed by atoms with Gasteiger partial charge < -0.3 is 19.5 Å². The van der Waals surface area contributed by atoms with Crippen LogP contribution < -0.4 is 5.32 Å². The number of anilines is 1. The van der Waals surface area contributed by atoms with Crippen molar-refractivity contribution in [3.05, 3.63) is 59.5 Å². The number of carbonyl (C=O) groups excluding carboxylic acids is 1. The second kappa shape index (κ2) is 6.05. The lowest BCUT2D eigenvalue weighted by Crippen LogP contribution is -2.12. The van der Waals surface area contributed by atoms with E-state index in [9.17, 15) is 4.79 Å². The van der Waals surface area contributed by atoms with Crippen molar-refractivity contribution in [3.8, 4) is 5.69 Å². The Hall–Kier alpha value is -2.93. The molecule has 0 bridgehead atoms. The van der Waals surface area contributed by atoms with Gasteiger partial charge in [0.15, 0.2) is 11.5 Å². The number of benzene rings is 1. The van der Waals surface area contributed by atoms with Crippen molar-refractivity contribution in [1.82, 2.24) is 14.7 Å². The Morgan fingerprint density at radius 1 is 1.30 bits per heavy atom. The lowest BCUT2D eigenvalue weighted by molar-refractivity contribution is 0.101. The first-order valence-corrected chi connectivity index (χ1v) is 7.07. The summed E-state index contributed by atoms with van der Waals surface area (Å²) in [6.07, 6.45) is 1.77. The number of carbonyl (C=O) groups is 1. The van der Waals surface area contributed by atoms with Crippen LogP contribution >= 0.6 is 0 Å². The van der Waals surface area contributed by atoms with Gasteiger partial charge in [-0.05, 0) is 38.1 Å². The molecule has 0 radical (unpaired) electrons. The molecule has 7 nitrogen and oxygen atoms in total. The number of amides is 1. The molecule has 0 saturated heterocycles. The molecule has 2 heterocycles. The average molecular weight is 312 g/mol. The van der Waals surface area contributed by atoms with Gasteiger partial charge in [0.25, 0.3) is 5.91 Å². The molecule has 0 aliphatic heterocycles. The Morgan fingerprint density at radius 3 is 2.61 bits per heavy atom. The normalized spacial score (nSPS) is 10.7. The number of hydrogen-bond donors (Lipinski definition) is 2. The highest BCUT2D eigenvalue weighted by Crippen LogP contribution is 2.17. The first kappa shape index (κ1) is 15.0. The van der Waals surface area contributed by atoms with Crippen LogP contribution in [0.1, 0.15) is 27.6 Å². The summed E-state index contributed by atoms with van der Waals surface area (Å²) in [6.45, 7) is 3.67. The van der Waals surface area contributed by atoms with Gasteiger partial charge in [0.1, 0.15) is 6.61 Å². The van der Waals surface area contributed by atoms with Crippen LogP contribution in [0.3, 0.4) is 0 Å². The first-order chi connectivity index (χ1) is 11.1. The first-order valence-electron chi connectivity index (χ1n) is 7.07. The Morgan fingerprint density at radius 2 is 2.04 bits per heavy atom. The highest BCUT2D eigenvalue weighted by atomic mass is 16.5. The van der Waals surface area contributed by atoms with Crippen molar-refractivity contribution in [1.29, 1.82) is 0 Å². The quantitative estimate of drug-likeness (QED) is 0.770. The van der Waals surface area contributed by atoms with Crippen molar-refractivity contribution < 1.29 is 14.4 Å². The zero-order valence-electron chi connectivity index (χ0n) is 12.8. The summed E-state index contributed by atoms with van der Waals surface area (Å²) < 4.78 is 6.77. The van der Waals surface area contributed by atoms with E-state index in [0.717, 1.165) is 17.1 Å². The Bertz CT molecular complexity index is 833. The summed E-state index contributed by atoms with van der Waals surface area (Å²) in [6, 6.07) is 8.79. The summed E-state index contributed by atoms with van der Waals surface area (Å²) in [5.41, 5.74) is 3.78. The fraction of sp³-hybridized carbons (Fsp3) is 0.188. The zero-order valence-corrected chi connectivity index (χ0v) is 12.8. The summed E-state index contributed by atoms with van der Waals surface area (Å²) in [4.78, 5) is 16.3. The van der Waals surface area contributed by atoms with Gasteiger partial charge in [0.2, 0.25) is 0 Å². The highest BCUT2D eigenvalue weighted by Gasteiger charge is 2.12. The lowest BCUT2D eigenvalue weighted by atomic mass is 10.2. The molecule has 1 aromatic carbocycles. The van der Waals surface area contributed by atoms with Gasteiger partial charge in [0, 0.05) is 23.1 Å². The number of nitrogens with zero attached hydrogens (tertiary/aromatic N) is 3. The van der Waals surface area contributed by atoms with E-state index in [-0.39, 0.29) is 18.1 Å². The van der Waals surface area contributed by atoms with Gasteiger partial charge in [0.05, 0.1) is 12.0 Å². The molecule has 2 N–H and O–H groups in total.